The van der Waals surface area contributed by atoms with Crippen molar-refractivity contribution < 1.29 is 31.8 Å². The van der Waals surface area contributed by atoms with Crippen LogP contribution in [-0.2, 0) is 26.2 Å². The Morgan fingerprint density at radius 3 is 2.57 bits per heavy atom. The number of halogens is 2. The summed E-state index contributed by atoms with van der Waals surface area (Å²) in [4.78, 5) is 11.0. The van der Waals surface area contributed by atoms with Gasteiger partial charge in [0.15, 0.2) is 6.10 Å². The summed E-state index contributed by atoms with van der Waals surface area (Å²) in [5.41, 5.74) is 4.51. The fraction of sp³-hybridized carbons (Fsp3) is 0.364. The predicted molar refractivity (Wildman–Crippen MR) is 69.9 cm³/mol. The molecular weight excluding hydrogens is 310 g/mol. The van der Waals surface area contributed by atoms with Crippen molar-refractivity contribution in [2.24, 2.45) is 5.73 Å². The van der Waals surface area contributed by atoms with Crippen molar-refractivity contribution in [3.8, 4) is 0 Å². The van der Waals surface area contributed by atoms with Gasteiger partial charge >= 0.3 is 5.76 Å². The number of anilines is 1. The molecular formula is C11H14F2N2O5S. The van der Waals surface area contributed by atoms with E-state index in [1.807, 2.05) is 0 Å². The summed E-state index contributed by atoms with van der Waals surface area (Å²) in [6.07, 6.45) is -1.85. The highest BCUT2D eigenvalue weighted by Crippen LogP contribution is 2.29. The number of hydrogen-bond donors (Lipinski definition) is 3. The molecule has 0 heterocycles. The highest BCUT2D eigenvalue weighted by Gasteiger charge is 2.28. The topological polar surface area (TPSA) is 119 Å². The Morgan fingerprint density at radius 2 is 2.10 bits per heavy atom. The number of carbonyl (C=O) groups excluding carboxylic acids is 1. The number of primary amides is 1. The molecule has 7 nitrogen and oxygen atoms in total. The molecule has 1 aromatic rings. The third-order valence-corrected chi connectivity index (χ3v) is 3.48. The number of rotatable bonds is 7. The van der Waals surface area contributed by atoms with Crippen molar-refractivity contribution >= 4 is 21.6 Å². The highest BCUT2D eigenvalue weighted by molar-refractivity contribution is 7.93. The van der Waals surface area contributed by atoms with E-state index in [9.17, 15) is 27.1 Å². The molecule has 21 heavy (non-hydrogen) atoms. The van der Waals surface area contributed by atoms with Gasteiger partial charge in [-0.25, -0.2) is 8.42 Å². The second-order valence-electron chi connectivity index (χ2n) is 4.03. The number of amides is 1. The van der Waals surface area contributed by atoms with E-state index in [2.05, 4.69) is 0 Å². The van der Waals surface area contributed by atoms with Crippen LogP contribution in [0.2, 0.25) is 0 Å². The standard InChI is InChI=1S/C11H14F2N2O5S/c1-20-5-6-3-2-4-7(9(16)10(14)17)8(6)15-21(18,19)11(12)13/h2-4,9,11,15-16H,5H2,1H3,(H2,14,17). The molecule has 10 heteroatoms. The Labute approximate surface area is 119 Å². The largest absolute Gasteiger partial charge is 0.380 e. The van der Waals surface area contributed by atoms with Gasteiger partial charge in [0.2, 0.25) is 0 Å². The maximum absolute atomic E-state index is 12.5. The van der Waals surface area contributed by atoms with Crippen molar-refractivity contribution in [2.75, 3.05) is 11.8 Å². The van der Waals surface area contributed by atoms with Crippen LogP contribution in [0.5, 0.6) is 0 Å². The SMILES string of the molecule is COCc1cccc(C(O)C(N)=O)c1NS(=O)(=O)C(F)F. The second kappa shape index (κ2) is 6.78. The third kappa shape index (κ3) is 4.09. The molecule has 0 bridgehead atoms. The molecule has 4 N–H and O–H groups in total. The monoisotopic (exact) mass is 324 g/mol. The molecule has 0 aliphatic carbocycles. The number of para-hydroxylation sites is 1. The number of benzene rings is 1. The highest BCUT2D eigenvalue weighted by atomic mass is 32.2. The average molecular weight is 324 g/mol. The Morgan fingerprint density at radius 1 is 1.48 bits per heavy atom. The summed E-state index contributed by atoms with van der Waals surface area (Å²) in [6, 6.07) is 3.98. The fourth-order valence-electron chi connectivity index (χ4n) is 1.59. The molecule has 1 atom stereocenters. The lowest BCUT2D eigenvalue weighted by Crippen LogP contribution is -2.26. The summed E-state index contributed by atoms with van der Waals surface area (Å²) < 4.78 is 54.0. The molecule has 0 aliphatic rings. The van der Waals surface area contributed by atoms with Crippen LogP contribution < -0.4 is 10.5 Å². The summed E-state index contributed by atoms with van der Waals surface area (Å²) in [5.74, 6) is -4.83. The zero-order valence-electron chi connectivity index (χ0n) is 10.9. The second-order valence-corrected chi connectivity index (χ2v) is 5.68. The van der Waals surface area contributed by atoms with Crippen molar-refractivity contribution in [1.82, 2.24) is 0 Å². The van der Waals surface area contributed by atoms with Gasteiger partial charge in [-0.3, -0.25) is 9.52 Å². The van der Waals surface area contributed by atoms with E-state index in [4.69, 9.17) is 10.5 Å². The molecule has 0 saturated heterocycles. The number of carbonyl (C=O) groups is 1. The van der Waals surface area contributed by atoms with Crippen LogP contribution >= 0.6 is 0 Å². The number of nitrogens with two attached hydrogens (primary N) is 1. The molecule has 0 aromatic heterocycles. The normalized spacial score (nSPS) is 13.2. The van der Waals surface area contributed by atoms with Gasteiger partial charge < -0.3 is 15.6 Å². The van der Waals surface area contributed by atoms with E-state index in [-0.39, 0.29) is 23.4 Å². The first-order valence-corrected chi connectivity index (χ1v) is 7.13. The van der Waals surface area contributed by atoms with E-state index in [1.165, 1.54) is 25.3 Å². The van der Waals surface area contributed by atoms with Crippen molar-refractivity contribution in [2.45, 2.75) is 18.5 Å². The van der Waals surface area contributed by atoms with E-state index in [1.54, 1.807) is 4.72 Å². The number of ether oxygens (including phenoxy) is 1. The quantitative estimate of drug-likeness (QED) is 0.667. The Balaban J connectivity index is 3.40. The minimum absolute atomic E-state index is 0.125. The average Bonchev–Trinajstić information content (AvgIpc) is 2.39. The molecule has 1 unspecified atom stereocenters. The van der Waals surface area contributed by atoms with Crippen LogP contribution in [0.4, 0.5) is 14.5 Å². The molecule has 0 radical (unpaired) electrons. The molecule has 118 valence electrons. The number of aliphatic hydroxyl groups excluding tert-OH is 1. The first-order chi connectivity index (χ1) is 9.70. The lowest BCUT2D eigenvalue weighted by molar-refractivity contribution is -0.126. The summed E-state index contributed by atoms with van der Waals surface area (Å²) in [6.45, 7) is -0.125. The van der Waals surface area contributed by atoms with E-state index in [0.717, 1.165) is 0 Å². The van der Waals surface area contributed by atoms with Crippen LogP contribution in [0.25, 0.3) is 0 Å². The van der Waals surface area contributed by atoms with Gasteiger partial charge in [0.25, 0.3) is 15.9 Å². The van der Waals surface area contributed by atoms with Gasteiger partial charge in [-0.05, 0) is 0 Å². The Bertz CT molecular complexity index is 621. The first kappa shape index (κ1) is 17.3. The van der Waals surface area contributed by atoms with Crippen molar-refractivity contribution in [1.29, 1.82) is 0 Å². The molecule has 1 rings (SSSR count). The number of hydrogen-bond acceptors (Lipinski definition) is 5. The third-order valence-electron chi connectivity index (χ3n) is 2.53. The molecule has 0 fully saturated rings. The zero-order chi connectivity index (χ0) is 16.2. The number of sulfonamides is 1. The fourth-order valence-corrected chi connectivity index (χ4v) is 2.21. The molecule has 1 aromatic carbocycles. The predicted octanol–water partition coefficient (Wildman–Crippen LogP) is 0.316. The number of aliphatic hydroxyl groups is 1. The Hall–Kier alpha value is -1.78. The van der Waals surface area contributed by atoms with Crippen LogP contribution in [0.1, 0.15) is 17.2 Å². The van der Waals surface area contributed by atoms with Crippen LogP contribution in [0.15, 0.2) is 18.2 Å². The molecule has 0 saturated carbocycles. The number of methoxy groups -OCH3 is 1. The lowest BCUT2D eigenvalue weighted by Gasteiger charge is -2.18. The van der Waals surface area contributed by atoms with Crippen molar-refractivity contribution in [3.05, 3.63) is 29.3 Å². The van der Waals surface area contributed by atoms with Gasteiger partial charge in [0.1, 0.15) is 0 Å². The number of alkyl halides is 2. The first-order valence-electron chi connectivity index (χ1n) is 5.58. The lowest BCUT2D eigenvalue weighted by atomic mass is 10.0. The molecule has 0 spiro atoms. The van der Waals surface area contributed by atoms with E-state index >= 15 is 0 Å². The smallest absolute Gasteiger partial charge is 0.355 e. The minimum Gasteiger partial charge on any atom is -0.380 e. The van der Waals surface area contributed by atoms with Gasteiger partial charge in [0, 0.05) is 18.2 Å². The van der Waals surface area contributed by atoms with Crippen LogP contribution in [0.3, 0.4) is 0 Å². The zero-order valence-corrected chi connectivity index (χ0v) is 11.7. The van der Waals surface area contributed by atoms with Gasteiger partial charge in [-0.2, -0.15) is 8.78 Å². The van der Waals surface area contributed by atoms with Crippen molar-refractivity contribution in [3.63, 3.8) is 0 Å². The van der Waals surface area contributed by atoms with Gasteiger partial charge in [-0.1, -0.05) is 18.2 Å². The summed E-state index contributed by atoms with van der Waals surface area (Å²) in [5, 5.41) is 9.67. The maximum atomic E-state index is 12.5. The summed E-state index contributed by atoms with van der Waals surface area (Å²) >= 11 is 0. The molecule has 1 amide bonds. The minimum atomic E-state index is -4.98. The maximum Gasteiger partial charge on any atom is 0.355 e. The van der Waals surface area contributed by atoms with E-state index < -0.39 is 27.8 Å². The molecule has 0 aliphatic heterocycles. The summed E-state index contributed by atoms with van der Waals surface area (Å²) in [7, 11) is -3.67. The van der Waals surface area contributed by atoms with E-state index in [0.29, 0.717) is 0 Å². The van der Waals surface area contributed by atoms with Crippen LogP contribution in [-0.4, -0.2) is 32.3 Å². The number of nitrogens with one attached hydrogen (secondary N) is 1. The Kier molecular flexibility index (Phi) is 5.58. The van der Waals surface area contributed by atoms with Gasteiger partial charge in [0.05, 0.1) is 12.3 Å². The van der Waals surface area contributed by atoms with Gasteiger partial charge in [-0.15, -0.1) is 0 Å². The van der Waals surface area contributed by atoms with Crippen LogP contribution in [0, 0.1) is 0 Å².